The van der Waals surface area contributed by atoms with Gasteiger partial charge in [-0.05, 0) is 100 Å². The van der Waals surface area contributed by atoms with Crippen LogP contribution in [0.3, 0.4) is 0 Å². The van der Waals surface area contributed by atoms with Crippen molar-refractivity contribution >= 4 is 39.9 Å². The Bertz CT molecular complexity index is 1880. The van der Waals surface area contributed by atoms with E-state index in [-0.39, 0.29) is 31.0 Å². The first-order chi connectivity index (χ1) is 22.4. The number of aromatic nitrogens is 2. The molecule has 0 spiro atoms. The fraction of sp³-hybridized carbons (Fsp3) is 0.263. The lowest BCUT2D eigenvalue weighted by atomic mass is 9.98. The molecule has 1 heterocycles. The standard InChI is InChI=1S/C38H37N5O3/c1-26-9-13-28(14-10-26)38(45)42(31-18-20-33(21-19-31)46-32-7-5-4-6-8-32)24-36-41-34-23-30(39-3)17-22-35(34)43(36)25-37(44)40-29-15-11-27(2)12-16-29/h9-23,32H,4-8,24-25H2,1-2H3,(H,40,44). The average molecular weight is 612 g/mol. The fourth-order valence-electron chi connectivity index (χ4n) is 5.87. The SMILES string of the molecule is [C-]#[N+]c1ccc2c(c1)nc(CN(C(=O)c1ccc(C)cc1)c1ccc(OC3CCCCC3)cc1)n2CC(=O)Nc1ccc(C)cc1. The van der Waals surface area contributed by atoms with Crippen molar-refractivity contribution in [3.8, 4) is 5.75 Å². The molecule has 6 rings (SSSR count). The summed E-state index contributed by atoms with van der Waals surface area (Å²) in [5.74, 6) is 0.897. The van der Waals surface area contributed by atoms with E-state index in [1.807, 2.05) is 97.3 Å². The minimum Gasteiger partial charge on any atom is -0.490 e. The number of carbonyl (C=O) groups excluding carboxylic acids is 2. The quantitative estimate of drug-likeness (QED) is 0.170. The first-order valence-electron chi connectivity index (χ1n) is 15.7. The molecule has 4 aromatic carbocycles. The van der Waals surface area contributed by atoms with Crippen molar-refractivity contribution in [2.75, 3.05) is 10.2 Å². The second-order valence-electron chi connectivity index (χ2n) is 11.9. The molecule has 8 nitrogen and oxygen atoms in total. The third-order valence-corrected chi connectivity index (χ3v) is 8.42. The Morgan fingerprint density at radius 2 is 1.59 bits per heavy atom. The molecule has 1 N–H and O–H groups in total. The smallest absolute Gasteiger partial charge is 0.258 e. The van der Waals surface area contributed by atoms with Crippen LogP contribution < -0.4 is 15.0 Å². The van der Waals surface area contributed by atoms with Gasteiger partial charge >= 0.3 is 0 Å². The molecule has 5 aromatic rings. The second kappa shape index (κ2) is 13.7. The van der Waals surface area contributed by atoms with E-state index in [1.54, 1.807) is 17.0 Å². The summed E-state index contributed by atoms with van der Waals surface area (Å²) in [6, 6.07) is 28.0. The molecule has 1 fully saturated rings. The van der Waals surface area contributed by atoms with E-state index >= 15 is 0 Å². The van der Waals surface area contributed by atoms with Crippen LogP contribution in [0.25, 0.3) is 15.9 Å². The Balaban J connectivity index is 1.34. The van der Waals surface area contributed by atoms with Crippen molar-refractivity contribution in [1.29, 1.82) is 0 Å². The van der Waals surface area contributed by atoms with E-state index in [0.29, 0.717) is 39.5 Å². The number of rotatable bonds is 9. The highest BCUT2D eigenvalue weighted by atomic mass is 16.5. The van der Waals surface area contributed by atoms with Crippen molar-refractivity contribution in [1.82, 2.24) is 9.55 Å². The number of imidazole rings is 1. The number of ether oxygens (including phenoxy) is 1. The molecule has 1 aliphatic carbocycles. The lowest BCUT2D eigenvalue weighted by molar-refractivity contribution is -0.116. The zero-order chi connectivity index (χ0) is 32.0. The van der Waals surface area contributed by atoms with Crippen LogP contribution in [-0.4, -0.2) is 27.5 Å². The van der Waals surface area contributed by atoms with Gasteiger partial charge in [-0.2, -0.15) is 0 Å². The molecular formula is C38H37N5O3. The molecule has 1 saturated carbocycles. The van der Waals surface area contributed by atoms with Gasteiger partial charge in [0.15, 0.2) is 5.69 Å². The third kappa shape index (κ3) is 7.10. The van der Waals surface area contributed by atoms with Gasteiger partial charge in [0.1, 0.15) is 18.1 Å². The molecule has 1 aromatic heterocycles. The van der Waals surface area contributed by atoms with Crippen LogP contribution in [0.2, 0.25) is 0 Å². The van der Waals surface area contributed by atoms with Crippen molar-refractivity contribution in [2.24, 2.45) is 0 Å². The number of carbonyl (C=O) groups is 2. The summed E-state index contributed by atoms with van der Waals surface area (Å²) in [4.78, 5) is 37.6. The molecule has 8 heteroatoms. The van der Waals surface area contributed by atoms with Crippen LogP contribution in [0.4, 0.5) is 17.1 Å². The number of anilines is 2. The number of hydrogen-bond donors (Lipinski definition) is 1. The van der Waals surface area contributed by atoms with Gasteiger partial charge in [0.2, 0.25) is 5.91 Å². The molecular weight excluding hydrogens is 574 g/mol. The Morgan fingerprint density at radius 3 is 2.26 bits per heavy atom. The van der Waals surface area contributed by atoms with Gasteiger partial charge < -0.3 is 19.5 Å². The Hall–Kier alpha value is -5.42. The molecule has 0 atom stereocenters. The minimum atomic E-state index is -0.223. The van der Waals surface area contributed by atoms with Gasteiger partial charge in [-0.15, -0.1) is 0 Å². The molecule has 0 radical (unpaired) electrons. The number of hydrogen-bond acceptors (Lipinski definition) is 4. The van der Waals surface area contributed by atoms with Crippen LogP contribution in [0.1, 0.15) is 59.4 Å². The Labute approximate surface area is 269 Å². The van der Waals surface area contributed by atoms with Crippen molar-refractivity contribution < 1.29 is 14.3 Å². The average Bonchev–Trinajstić information content (AvgIpc) is 3.41. The van der Waals surface area contributed by atoms with E-state index in [4.69, 9.17) is 16.3 Å². The lowest BCUT2D eigenvalue weighted by Crippen LogP contribution is -2.32. The highest BCUT2D eigenvalue weighted by molar-refractivity contribution is 6.06. The topological polar surface area (TPSA) is 80.8 Å². The van der Waals surface area contributed by atoms with Crippen molar-refractivity contribution in [3.63, 3.8) is 0 Å². The van der Waals surface area contributed by atoms with Gasteiger partial charge in [0.05, 0.1) is 30.3 Å². The molecule has 2 amide bonds. The zero-order valence-electron chi connectivity index (χ0n) is 26.2. The summed E-state index contributed by atoms with van der Waals surface area (Å²) in [7, 11) is 0. The molecule has 0 unspecified atom stereocenters. The maximum Gasteiger partial charge on any atom is 0.258 e. The maximum atomic E-state index is 14.1. The molecule has 0 bridgehead atoms. The van der Waals surface area contributed by atoms with Crippen molar-refractivity contribution in [3.05, 3.63) is 125 Å². The summed E-state index contributed by atoms with van der Waals surface area (Å²) in [5, 5.41) is 2.97. The van der Waals surface area contributed by atoms with Crippen LogP contribution in [0.15, 0.2) is 91.0 Å². The number of benzene rings is 4. The molecule has 0 aliphatic heterocycles. The van der Waals surface area contributed by atoms with Gasteiger partial charge in [0.25, 0.3) is 5.91 Å². The molecule has 0 saturated heterocycles. The summed E-state index contributed by atoms with van der Waals surface area (Å²) in [6.07, 6.45) is 5.96. The van der Waals surface area contributed by atoms with Crippen molar-refractivity contribution in [2.45, 2.75) is 65.1 Å². The van der Waals surface area contributed by atoms with Gasteiger partial charge in [-0.3, -0.25) is 9.59 Å². The molecule has 232 valence electrons. The van der Waals surface area contributed by atoms with Crippen LogP contribution in [0, 0.1) is 20.4 Å². The Kier molecular flexibility index (Phi) is 9.11. The first-order valence-corrected chi connectivity index (χ1v) is 15.7. The number of fused-ring (bicyclic) bond motifs is 1. The van der Waals surface area contributed by atoms with Gasteiger partial charge in [-0.25, -0.2) is 9.83 Å². The van der Waals surface area contributed by atoms with E-state index in [9.17, 15) is 9.59 Å². The number of aryl methyl sites for hydroxylation is 2. The molecule has 46 heavy (non-hydrogen) atoms. The molecule has 1 aliphatic rings. The predicted octanol–water partition coefficient (Wildman–Crippen LogP) is 8.40. The third-order valence-electron chi connectivity index (χ3n) is 8.42. The van der Waals surface area contributed by atoms with E-state index < -0.39 is 0 Å². The summed E-state index contributed by atoms with van der Waals surface area (Å²) in [5.41, 5.74) is 5.84. The van der Waals surface area contributed by atoms with Crippen LogP contribution >= 0.6 is 0 Å². The fourth-order valence-corrected chi connectivity index (χ4v) is 5.87. The highest BCUT2D eigenvalue weighted by Gasteiger charge is 2.24. The van der Waals surface area contributed by atoms with E-state index in [2.05, 4.69) is 10.2 Å². The predicted molar refractivity (Wildman–Crippen MR) is 181 cm³/mol. The van der Waals surface area contributed by atoms with Crippen LogP contribution in [-0.2, 0) is 17.9 Å². The Morgan fingerprint density at radius 1 is 0.913 bits per heavy atom. The first kappa shape index (κ1) is 30.6. The highest BCUT2D eigenvalue weighted by Crippen LogP contribution is 2.29. The van der Waals surface area contributed by atoms with E-state index in [0.717, 1.165) is 29.7 Å². The normalized spacial score (nSPS) is 13.2. The number of nitrogens with zero attached hydrogens (tertiary/aromatic N) is 4. The largest absolute Gasteiger partial charge is 0.490 e. The summed E-state index contributed by atoms with van der Waals surface area (Å²) < 4.78 is 8.08. The second-order valence-corrected chi connectivity index (χ2v) is 11.9. The van der Waals surface area contributed by atoms with Crippen LogP contribution in [0.5, 0.6) is 5.75 Å². The zero-order valence-corrected chi connectivity index (χ0v) is 26.2. The number of amides is 2. The minimum absolute atomic E-state index is 0.0161. The van der Waals surface area contributed by atoms with Gasteiger partial charge in [-0.1, -0.05) is 47.9 Å². The van der Waals surface area contributed by atoms with E-state index in [1.165, 1.54) is 19.3 Å². The number of nitrogens with one attached hydrogen (secondary N) is 1. The maximum absolute atomic E-state index is 14.1. The monoisotopic (exact) mass is 611 g/mol. The summed E-state index contributed by atoms with van der Waals surface area (Å²) in [6.45, 7) is 11.6. The van der Waals surface area contributed by atoms with Gasteiger partial charge in [0, 0.05) is 16.9 Å². The lowest BCUT2D eigenvalue weighted by Gasteiger charge is -2.25. The summed E-state index contributed by atoms with van der Waals surface area (Å²) >= 11 is 0.